The largest absolute Gasteiger partial charge is 0.352 e. The number of carbonyl (C=O) groups excluding carboxylic acids is 1. The van der Waals surface area contributed by atoms with E-state index in [0.717, 1.165) is 4.47 Å². The maximum atomic E-state index is 12.6. The Hall–Kier alpha value is -1.18. The average molecular weight is 387 g/mol. The van der Waals surface area contributed by atoms with Crippen molar-refractivity contribution in [2.75, 3.05) is 19.6 Å². The van der Waals surface area contributed by atoms with E-state index in [0.29, 0.717) is 25.9 Å². The topological polar surface area (TPSA) is 66.5 Å². The first kappa shape index (κ1) is 17.2. The fourth-order valence-corrected chi connectivity index (χ4v) is 4.24. The third-order valence-corrected chi connectivity index (χ3v) is 6.03. The van der Waals surface area contributed by atoms with E-state index < -0.39 is 10.0 Å². The Morgan fingerprint density at radius 1 is 1.41 bits per heavy atom. The van der Waals surface area contributed by atoms with E-state index in [1.54, 1.807) is 30.3 Å². The van der Waals surface area contributed by atoms with Gasteiger partial charge in [0.2, 0.25) is 15.9 Å². The summed E-state index contributed by atoms with van der Waals surface area (Å²) in [6, 6.07) is 6.54. The lowest BCUT2D eigenvalue weighted by Crippen LogP contribution is -2.45. The van der Waals surface area contributed by atoms with Crippen molar-refractivity contribution in [1.29, 1.82) is 0 Å². The molecule has 2 rings (SSSR count). The Balaban J connectivity index is 2.12. The average Bonchev–Trinajstić information content (AvgIpc) is 2.53. The third kappa shape index (κ3) is 3.97. The van der Waals surface area contributed by atoms with E-state index in [1.165, 1.54) is 4.31 Å². The van der Waals surface area contributed by atoms with Gasteiger partial charge in [-0.15, -0.1) is 6.58 Å². The standard InChI is InChI=1S/C15H19BrN2O3S/c1-2-9-17-15(19)12-4-3-10-18(11-12)22(20,21)14-7-5-13(16)6-8-14/h2,5-8,12H,1,3-4,9-11H2,(H,17,19). The molecule has 0 aliphatic carbocycles. The molecule has 1 aromatic rings. The number of rotatable bonds is 5. The summed E-state index contributed by atoms with van der Waals surface area (Å²) in [4.78, 5) is 12.3. The fraction of sp³-hybridized carbons (Fsp3) is 0.400. The molecule has 1 heterocycles. The van der Waals surface area contributed by atoms with Gasteiger partial charge in [0.15, 0.2) is 0 Å². The predicted octanol–water partition coefficient (Wildman–Crippen LogP) is 2.15. The maximum absolute atomic E-state index is 12.6. The molecule has 120 valence electrons. The molecule has 0 saturated carbocycles. The molecular weight excluding hydrogens is 368 g/mol. The highest BCUT2D eigenvalue weighted by Gasteiger charge is 2.33. The van der Waals surface area contributed by atoms with Gasteiger partial charge in [-0.1, -0.05) is 22.0 Å². The summed E-state index contributed by atoms with van der Waals surface area (Å²) in [5.74, 6) is -0.422. The number of hydrogen-bond donors (Lipinski definition) is 1. The van der Waals surface area contributed by atoms with Gasteiger partial charge < -0.3 is 5.32 Å². The van der Waals surface area contributed by atoms with Crippen molar-refractivity contribution >= 4 is 31.9 Å². The van der Waals surface area contributed by atoms with Crippen LogP contribution >= 0.6 is 15.9 Å². The number of carbonyl (C=O) groups is 1. The van der Waals surface area contributed by atoms with Gasteiger partial charge in [0.1, 0.15) is 0 Å². The first-order valence-corrected chi connectivity index (χ1v) is 9.33. The Kier molecular flexibility index (Phi) is 5.77. The second-order valence-electron chi connectivity index (χ2n) is 5.19. The van der Waals surface area contributed by atoms with Gasteiger partial charge in [-0.2, -0.15) is 4.31 Å². The van der Waals surface area contributed by atoms with E-state index in [1.807, 2.05) is 0 Å². The number of benzene rings is 1. The predicted molar refractivity (Wildman–Crippen MR) is 88.8 cm³/mol. The molecule has 1 atom stereocenters. The molecule has 22 heavy (non-hydrogen) atoms. The lowest BCUT2D eigenvalue weighted by atomic mass is 9.99. The van der Waals surface area contributed by atoms with Crippen molar-refractivity contribution in [2.45, 2.75) is 17.7 Å². The minimum Gasteiger partial charge on any atom is -0.352 e. The summed E-state index contributed by atoms with van der Waals surface area (Å²) in [7, 11) is -3.55. The van der Waals surface area contributed by atoms with Crippen molar-refractivity contribution in [3.8, 4) is 0 Å². The van der Waals surface area contributed by atoms with Gasteiger partial charge in [-0.25, -0.2) is 8.42 Å². The molecule has 0 bridgehead atoms. The van der Waals surface area contributed by atoms with Crippen LogP contribution in [0.1, 0.15) is 12.8 Å². The number of halogens is 1. The Bertz CT molecular complexity index is 643. The quantitative estimate of drug-likeness (QED) is 0.788. The van der Waals surface area contributed by atoms with Gasteiger partial charge in [-0.05, 0) is 37.1 Å². The van der Waals surface area contributed by atoms with E-state index in [-0.39, 0.29) is 23.3 Å². The molecule has 1 amide bonds. The highest BCUT2D eigenvalue weighted by Crippen LogP contribution is 2.24. The van der Waals surface area contributed by atoms with E-state index in [9.17, 15) is 13.2 Å². The summed E-state index contributed by atoms with van der Waals surface area (Å²) in [6.45, 7) is 4.62. The smallest absolute Gasteiger partial charge is 0.243 e. The molecular formula is C15H19BrN2O3S. The van der Waals surface area contributed by atoms with Gasteiger partial charge in [0.25, 0.3) is 0 Å². The summed E-state index contributed by atoms with van der Waals surface area (Å²) < 4.78 is 27.5. The fourth-order valence-electron chi connectivity index (χ4n) is 2.45. The number of nitrogens with one attached hydrogen (secondary N) is 1. The normalized spacial score (nSPS) is 19.6. The number of sulfonamides is 1. The molecule has 1 aliphatic heterocycles. The Morgan fingerprint density at radius 3 is 2.73 bits per heavy atom. The molecule has 1 aromatic carbocycles. The van der Waals surface area contributed by atoms with Crippen molar-refractivity contribution < 1.29 is 13.2 Å². The second kappa shape index (κ2) is 7.39. The molecule has 1 unspecified atom stereocenters. The lowest BCUT2D eigenvalue weighted by molar-refractivity contribution is -0.125. The van der Waals surface area contributed by atoms with Gasteiger partial charge in [0, 0.05) is 24.1 Å². The van der Waals surface area contributed by atoms with Crippen molar-refractivity contribution in [1.82, 2.24) is 9.62 Å². The van der Waals surface area contributed by atoms with E-state index in [4.69, 9.17) is 0 Å². The van der Waals surface area contributed by atoms with Crippen LogP contribution in [0.5, 0.6) is 0 Å². The second-order valence-corrected chi connectivity index (χ2v) is 8.04. The van der Waals surface area contributed by atoms with Crippen molar-refractivity contribution in [2.24, 2.45) is 5.92 Å². The summed E-state index contributed by atoms with van der Waals surface area (Å²) in [5.41, 5.74) is 0. The van der Waals surface area contributed by atoms with Crippen LogP contribution in [0.15, 0.2) is 46.3 Å². The zero-order chi connectivity index (χ0) is 16.2. The van der Waals surface area contributed by atoms with Crippen LogP contribution in [0.3, 0.4) is 0 Å². The van der Waals surface area contributed by atoms with Crippen LogP contribution in [0.4, 0.5) is 0 Å². The Labute approximate surface area is 139 Å². The summed E-state index contributed by atoms with van der Waals surface area (Å²) in [5, 5.41) is 2.74. The number of amides is 1. The zero-order valence-corrected chi connectivity index (χ0v) is 14.6. The monoisotopic (exact) mass is 386 g/mol. The highest BCUT2D eigenvalue weighted by molar-refractivity contribution is 9.10. The van der Waals surface area contributed by atoms with Gasteiger partial charge >= 0.3 is 0 Å². The molecule has 1 aliphatic rings. The minimum absolute atomic E-state index is 0.115. The van der Waals surface area contributed by atoms with Crippen LogP contribution < -0.4 is 5.32 Å². The van der Waals surface area contributed by atoms with E-state index in [2.05, 4.69) is 27.8 Å². The minimum atomic E-state index is -3.55. The first-order valence-electron chi connectivity index (χ1n) is 7.09. The van der Waals surface area contributed by atoms with Crippen LogP contribution in [0, 0.1) is 5.92 Å². The SMILES string of the molecule is C=CCNC(=O)C1CCCN(S(=O)(=O)c2ccc(Br)cc2)C1. The molecule has 0 radical (unpaired) electrons. The van der Waals surface area contributed by atoms with Crippen LogP contribution in [0.25, 0.3) is 0 Å². The lowest BCUT2D eigenvalue weighted by Gasteiger charge is -2.31. The van der Waals surface area contributed by atoms with E-state index >= 15 is 0 Å². The first-order chi connectivity index (χ1) is 10.4. The molecule has 7 heteroatoms. The Morgan fingerprint density at radius 2 is 2.09 bits per heavy atom. The van der Waals surface area contributed by atoms with Crippen molar-refractivity contribution in [3.63, 3.8) is 0 Å². The summed E-state index contributed by atoms with van der Waals surface area (Å²) in [6.07, 6.45) is 2.99. The van der Waals surface area contributed by atoms with Crippen LogP contribution in [0.2, 0.25) is 0 Å². The number of nitrogens with zero attached hydrogens (tertiary/aromatic N) is 1. The van der Waals surface area contributed by atoms with Crippen molar-refractivity contribution in [3.05, 3.63) is 41.4 Å². The molecule has 1 N–H and O–H groups in total. The molecule has 1 fully saturated rings. The molecule has 0 spiro atoms. The molecule has 5 nitrogen and oxygen atoms in total. The van der Waals surface area contributed by atoms with Gasteiger partial charge in [-0.3, -0.25) is 4.79 Å². The summed E-state index contributed by atoms with van der Waals surface area (Å²) >= 11 is 3.29. The van der Waals surface area contributed by atoms with Gasteiger partial charge in [0.05, 0.1) is 10.8 Å². The molecule has 0 aromatic heterocycles. The zero-order valence-electron chi connectivity index (χ0n) is 12.2. The third-order valence-electron chi connectivity index (χ3n) is 3.63. The molecule has 1 saturated heterocycles. The highest BCUT2D eigenvalue weighted by atomic mass is 79.9. The maximum Gasteiger partial charge on any atom is 0.243 e. The number of hydrogen-bond acceptors (Lipinski definition) is 3. The number of piperidine rings is 1. The van der Waals surface area contributed by atoms with Crippen LogP contribution in [-0.2, 0) is 14.8 Å². The van der Waals surface area contributed by atoms with Crippen LogP contribution in [-0.4, -0.2) is 38.3 Å².